The maximum absolute atomic E-state index is 6.27. The molecule has 1 heterocycles. The summed E-state index contributed by atoms with van der Waals surface area (Å²) in [5.74, 6) is 0.504. The van der Waals surface area contributed by atoms with Crippen LogP contribution in [0.4, 0.5) is 0 Å². The zero-order valence-electron chi connectivity index (χ0n) is 8.79. The van der Waals surface area contributed by atoms with Crippen molar-refractivity contribution in [3.05, 3.63) is 10.3 Å². The largest absolute Gasteiger partial charge is 0.251 e. The second-order valence-electron chi connectivity index (χ2n) is 4.20. The Morgan fingerprint density at radius 1 is 1.40 bits per heavy atom. The van der Waals surface area contributed by atoms with E-state index in [1.807, 2.05) is 11.7 Å². The summed E-state index contributed by atoms with van der Waals surface area (Å²) in [4.78, 5) is 0. The fourth-order valence-corrected chi connectivity index (χ4v) is 3.34. The zero-order valence-corrected chi connectivity index (χ0v) is 11.1. The molecule has 1 aliphatic rings. The Balaban J connectivity index is 2.21. The van der Waals surface area contributed by atoms with Crippen molar-refractivity contribution >= 4 is 27.5 Å². The molecule has 0 aliphatic heterocycles. The normalized spacial score (nSPS) is 27.7. The second-order valence-corrected chi connectivity index (χ2v) is 5.57. The highest BCUT2D eigenvalue weighted by atomic mass is 79.9. The zero-order chi connectivity index (χ0) is 10.8. The highest BCUT2D eigenvalue weighted by Gasteiger charge is 2.25. The molecule has 2 unspecified atom stereocenters. The van der Waals surface area contributed by atoms with E-state index in [0.717, 1.165) is 17.4 Å². The first-order chi connectivity index (χ1) is 7.18. The molecule has 0 N–H and O–H groups in total. The van der Waals surface area contributed by atoms with Gasteiger partial charge in [-0.05, 0) is 35.2 Å². The van der Waals surface area contributed by atoms with Gasteiger partial charge in [0, 0.05) is 18.3 Å². The molecule has 0 amide bonds. The Morgan fingerprint density at radius 2 is 2.13 bits per heavy atom. The van der Waals surface area contributed by atoms with Crippen LogP contribution in [0.5, 0.6) is 0 Å². The molecule has 5 heteroatoms. The average molecular weight is 293 g/mol. The summed E-state index contributed by atoms with van der Waals surface area (Å²) in [6.45, 7) is 0. The first-order valence-corrected chi connectivity index (χ1v) is 6.60. The van der Waals surface area contributed by atoms with Gasteiger partial charge < -0.3 is 0 Å². The van der Waals surface area contributed by atoms with Gasteiger partial charge in [-0.3, -0.25) is 4.68 Å². The molecule has 84 valence electrons. The van der Waals surface area contributed by atoms with Crippen molar-refractivity contribution in [2.75, 3.05) is 0 Å². The van der Waals surface area contributed by atoms with Crippen LogP contribution in [0.1, 0.15) is 43.7 Å². The van der Waals surface area contributed by atoms with E-state index in [2.05, 4.69) is 26.2 Å². The minimum absolute atomic E-state index is 0.305. The number of hydrogen-bond acceptors (Lipinski definition) is 2. The van der Waals surface area contributed by atoms with E-state index >= 15 is 0 Å². The van der Waals surface area contributed by atoms with E-state index in [1.165, 1.54) is 25.0 Å². The van der Waals surface area contributed by atoms with Gasteiger partial charge in [-0.1, -0.05) is 18.1 Å². The molecular weight excluding hydrogens is 277 g/mol. The standard InChI is InChI=1S/C10H15BrClN3/c1-15-9(10(11)13-14-15)7-4-2-3-5-8(12)6-7/h7-8H,2-6H2,1H3. The number of alkyl halides is 1. The molecular formula is C10H15BrClN3. The summed E-state index contributed by atoms with van der Waals surface area (Å²) in [6.07, 6.45) is 5.88. The van der Waals surface area contributed by atoms with E-state index < -0.39 is 0 Å². The fourth-order valence-electron chi connectivity index (χ4n) is 2.32. The minimum Gasteiger partial charge on any atom is -0.251 e. The van der Waals surface area contributed by atoms with Gasteiger partial charge in [-0.2, -0.15) is 0 Å². The number of aromatic nitrogens is 3. The van der Waals surface area contributed by atoms with E-state index in [0.29, 0.717) is 11.3 Å². The van der Waals surface area contributed by atoms with Crippen molar-refractivity contribution in [2.24, 2.45) is 7.05 Å². The van der Waals surface area contributed by atoms with Crippen LogP contribution in [0.3, 0.4) is 0 Å². The van der Waals surface area contributed by atoms with Crippen LogP contribution >= 0.6 is 27.5 Å². The van der Waals surface area contributed by atoms with Crippen molar-refractivity contribution in [1.82, 2.24) is 15.0 Å². The van der Waals surface area contributed by atoms with Crippen LogP contribution in [-0.4, -0.2) is 20.4 Å². The third kappa shape index (κ3) is 2.53. The van der Waals surface area contributed by atoms with Crippen LogP contribution in [0.15, 0.2) is 4.60 Å². The summed E-state index contributed by atoms with van der Waals surface area (Å²) in [5, 5.41) is 8.36. The summed E-state index contributed by atoms with van der Waals surface area (Å²) in [6, 6.07) is 0. The molecule has 1 aromatic rings. The predicted octanol–water partition coefficient (Wildman–Crippen LogP) is 3.23. The van der Waals surface area contributed by atoms with E-state index in [1.54, 1.807) is 0 Å². The topological polar surface area (TPSA) is 30.7 Å². The summed E-state index contributed by atoms with van der Waals surface area (Å²) in [5.41, 5.74) is 1.20. The average Bonchev–Trinajstić information content (AvgIpc) is 2.40. The Morgan fingerprint density at radius 3 is 2.80 bits per heavy atom. The van der Waals surface area contributed by atoms with Crippen LogP contribution in [-0.2, 0) is 7.05 Å². The van der Waals surface area contributed by atoms with Crippen molar-refractivity contribution < 1.29 is 0 Å². The highest BCUT2D eigenvalue weighted by Crippen LogP contribution is 2.35. The predicted molar refractivity (Wildman–Crippen MR) is 64.2 cm³/mol. The summed E-state index contributed by atoms with van der Waals surface area (Å²) in [7, 11) is 1.95. The van der Waals surface area contributed by atoms with Crippen LogP contribution in [0, 0.1) is 0 Å². The quantitative estimate of drug-likeness (QED) is 0.588. The molecule has 1 fully saturated rings. The maximum atomic E-state index is 6.27. The lowest BCUT2D eigenvalue weighted by atomic mass is 9.97. The van der Waals surface area contributed by atoms with Crippen molar-refractivity contribution in [3.63, 3.8) is 0 Å². The molecule has 0 radical (unpaired) electrons. The second kappa shape index (κ2) is 4.83. The molecule has 0 spiro atoms. The lowest BCUT2D eigenvalue weighted by molar-refractivity contribution is 0.539. The third-order valence-corrected chi connectivity index (χ3v) is 4.03. The first kappa shape index (κ1) is 11.4. The lowest BCUT2D eigenvalue weighted by Gasteiger charge is -2.16. The smallest absolute Gasteiger partial charge is 0.151 e. The van der Waals surface area contributed by atoms with Crippen LogP contribution < -0.4 is 0 Å². The maximum Gasteiger partial charge on any atom is 0.151 e. The molecule has 0 aromatic carbocycles. The van der Waals surface area contributed by atoms with Gasteiger partial charge in [0.15, 0.2) is 4.60 Å². The minimum atomic E-state index is 0.305. The SMILES string of the molecule is Cn1nnc(Br)c1C1CCCCC(Cl)C1. The Kier molecular flexibility index (Phi) is 3.67. The van der Waals surface area contributed by atoms with E-state index in [4.69, 9.17) is 11.6 Å². The number of rotatable bonds is 1. The van der Waals surface area contributed by atoms with Gasteiger partial charge in [0.25, 0.3) is 0 Å². The number of aryl methyl sites for hydroxylation is 1. The highest BCUT2D eigenvalue weighted by molar-refractivity contribution is 9.10. The Bertz CT molecular complexity index is 320. The van der Waals surface area contributed by atoms with E-state index in [9.17, 15) is 0 Å². The van der Waals surface area contributed by atoms with Crippen LogP contribution in [0.25, 0.3) is 0 Å². The molecule has 1 aliphatic carbocycles. The Hall–Kier alpha value is -0.0900. The summed E-state index contributed by atoms with van der Waals surface area (Å²) >= 11 is 9.73. The summed E-state index contributed by atoms with van der Waals surface area (Å²) < 4.78 is 2.74. The fraction of sp³-hybridized carbons (Fsp3) is 0.800. The van der Waals surface area contributed by atoms with Gasteiger partial charge in [-0.25, -0.2) is 0 Å². The number of halogens is 2. The molecule has 0 saturated heterocycles. The van der Waals surface area contributed by atoms with Gasteiger partial charge in [-0.15, -0.1) is 16.7 Å². The van der Waals surface area contributed by atoms with Gasteiger partial charge in [0.1, 0.15) is 0 Å². The van der Waals surface area contributed by atoms with Crippen molar-refractivity contribution in [3.8, 4) is 0 Å². The monoisotopic (exact) mass is 291 g/mol. The number of nitrogens with zero attached hydrogens (tertiary/aromatic N) is 3. The first-order valence-electron chi connectivity index (χ1n) is 5.37. The van der Waals surface area contributed by atoms with Gasteiger partial charge in [0.05, 0.1) is 5.69 Å². The lowest BCUT2D eigenvalue weighted by Crippen LogP contribution is -2.09. The Labute approximate surface area is 103 Å². The molecule has 2 rings (SSSR count). The van der Waals surface area contributed by atoms with Crippen LogP contribution in [0.2, 0.25) is 0 Å². The van der Waals surface area contributed by atoms with Crippen molar-refractivity contribution in [2.45, 2.75) is 43.4 Å². The molecule has 0 bridgehead atoms. The van der Waals surface area contributed by atoms with E-state index in [-0.39, 0.29) is 0 Å². The molecule has 1 aromatic heterocycles. The van der Waals surface area contributed by atoms with Crippen molar-refractivity contribution in [1.29, 1.82) is 0 Å². The number of hydrogen-bond donors (Lipinski definition) is 0. The molecule has 2 atom stereocenters. The third-order valence-electron chi connectivity index (χ3n) is 3.07. The molecule has 3 nitrogen and oxygen atoms in total. The van der Waals surface area contributed by atoms with Gasteiger partial charge >= 0.3 is 0 Å². The van der Waals surface area contributed by atoms with Gasteiger partial charge in [0.2, 0.25) is 0 Å². The molecule has 15 heavy (non-hydrogen) atoms. The molecule has 1 saturated carbocycles.